The number of nitrogens with one attached hydrogen (secondary N) is 1. The lowest BCUT2D eigenvalue weighted by atomic mass is 10.1. The van der Waals surface area contributed by atoms with Crippen LogP contribution in [0.25, 0.3) is 10.8 Å². The molecule has 27 heavy (non-hydrogen) atoms. The van der Waals surface area contributed by atoms with Crippen molar-refractivity contribution >= 4 is 16.7 Å². The average Bonchev–Trinajstić information content (AvgIpc) is 2.71. The van der Waals surface area contributed by atoms with E-state index in [0.717, 1.165) is 22.9 Å². The summed E-state index contributed by atoms with van der Waals surface area (Å²) in [6.07, 6.45) is 0.431. The van der Waals surface area contributed by atoms with Gasteiger partial charge in [-0.2, -0.15) is 0 Å². The Kier molecular flexibility index (Phi) is 6.31. The molecule has 140 valence electrons. The molecule has 0 aromatic heterocycles. The second-order valence-corrected chi connectivity index (χ2v) is 6.41. The van der Waals surface area contributed by atoms with Crippen LogP contribution in [0.1, 0.15) is 19.4 Å². The number of benzene rings is 3. The van der Waals surface area contributed by atoms with Crippen LogP contribution in [0.5, 0.6) is 11.5 Å². The highest BCUT2D eigenvalue weighted by Crippen LogP contribution is 2.21. The number of hydrogen-bond donors (Lipinski definition) is 1. The van der Waals surface area contributed by atoms with Crippen LogP contribution in [0.3, 0.4) is 0 Å². The minimum atomic E-state index is -0.574. The summed E-state index contributed by atoms with van der Waals surface area (Å²) >= 11 is 0. The summed E-state index contributed by atoms with van der Waals surface area (Å²) in [6.45, 7) is 4.71. The molecule has 3 rings (SSSR count). The van der Waals surface area contributed by atoms with Gasteiger partial charge in [-0.25, -0.2) is 0 Å². The van der Waals surface area contributed by atoms with Gasteiger partial charge in [-0.1, -0.05) is 49.4 Å². The van der Waals surface area contributed by atoms with Gasteiger partial charge in [0, 0.05) is 0 Å². The fourth-order valence-corrected chi connectivity index (χ4v) is 2.81. The molecule has 4 heteroatoms. The number of ether oxygens (including phenoxy) is 2. The van der Waals surface area contributed by atoms with E-state index in [1.165, 1.54) is 5.56 Å². The summed E-state index contributed by atoms with van der Waals surface area (Å²) in [5.74, 6) is 1.33. The maximum Gasteiger partial charge on any atom is 0.260 e. The van der Waals surface area contributed by atoms with E-state index >= 15 is 0 Å². The molecule has 1 amide bonds. The van der Waals surface area contributed by atoms with Crippen LogP contribution in [0, 0.1) is 0 Å². The molecular weight excluding hydrogens is 338 g/mol. The standard InChI is InChI=1S/C23H25NO3/c1-3-18-8-11-21(12-9-18)26-15-14-24-23(25)17(2)27-22-13-10-19-6-4-5-7-20(19)16-22/h4-13,16-17H,3,14-15H2,1-2H3,(H,24,25)/t17-/m0/s1. The lowest BCUT2D eigenvalue weighted by Gasteiger charge is -2.15. The molecule has 4 nitrogen and oxygen atoms in total. The first kappa shape index (κ1) is 18.8. The summed E-state index contributed by atoms with van der Waals surface area (Å²) in [4.78, 5) is 12.2. The van der Waals surface area contributed by atoms with Crippen molar-refractivity contribution in [3.63, 3.8) is 0 Å². The molecule has 3 aromatic carbocycles. The summed E-state index contributed by atoms with van der Waals surface area (Å²) in [5, 5.41) is 5.08. The first-order valence-electron chi connectivity index (χ1n) is 9.30. The topological polar surface area (TPSA) is 47.6 Å². The van der Waals surface area contributed by atoms with Gasteiger partial charge >= 0.3 is 0 Å². The Balaban J connectivity index is 1.44. The smallest absolute Gasteiger partial charge is 0.260 e. The van der Waals surface area contributed by atoms with Crippen molar-refractivity contribution in [3.8, 4) is 11.5 Å². The van der Waals surface area contributed by atoms with E-state index in [4.69, 9.17) is 9.47 Å². The second-order valence-electron chi connectivity index (χ2n) is 6.41. The van der Waals surface area contributed by atoms with Crippen molar-refractivity contribution in [2.24, 2.45) is 0 Å². The molecule has 0 bridgehead atoms. The normalized spacial score (nSPS) is 11.8. The molecule has 0 radical (unpaired) electrons. The Morgan fingerprint density at radius 3 is 2.41 bits per heavy atom. The van der Waals surface area contributed by atoms with Gasteiger partial charge in [-0.05, 0) is 53.9 Å². The monoisotopic (exact) mass is 363 g/mol. The highest BCUT2D eigenvalue weighted by molar-refractivity contribution is 5.84. The molecule has 3 aromatic rings. The van der Waals surface area contributed by atoms with Crippen LogP contribution >= 0.6 is 0 Å². The lowest BCUT2D eigenvalue weighted by Crippen LogP contribution is -2.38. The zero-order valence-electron chi connectivity index (χ0n) is 15.8. The van der Waals surface area contributed by atoms with Gasteiger partial charge in [-0.15, -0.1) is 0 Å². The van der Waals surface area contributed by atoms with Crippen LogP contribution in [0.2, 0.25) is 0 Å². The molecule has 0 aliphatic carbocycles. The van der Waals surface area contributed by atoms with Crippen molar-refractivity contribution in [2.45, 2.75) is 26.4 Å². The van der Waals surface area contributed by atoms with E-state index in [2.05, 4.69) is 12.2 Å². The molecule has 0 heterocycles. The minimum Gasteiger partial charge on any atom is -0.492 e. The molecule has 0 fully saturated rings. The number of carbonyl (C=O) groups excluding carboxylic acids is 1. The van der Waals surface area contributed by atoms with Crippen LogP contribution in [-0.2, 0) is 11.2 Å². The van der Waals surface area contributed by atoms with Gasteiger partial charge in [0.25, 0.3) is 5.91 Å². The summed E-state index contributed by atoms with van der Waals surface area (Å²) in [5.41, 5.74) is 1.27. The van der Waals surface area contributed by atoms with E-state index in [-0.39, 0.29) is 5.91 Å². The molecular formula is C23H25NO3. The highest BCUT2D eigenvalue weighted by Gasteiger charge is 2.14. The Bertz CT molecular complexity index is 890. The molecule has 0 unspecified atom stereocenters. The molecule has 0 saturated carbocycles. The van der Waals surface area contributed by atoms with Crippen LogP contribution < -0.4 is 14.8 Å². The van der Waals surface area contributed by atoms with E-state index in [0.29, 0.717) is 18.9 Å². The van der Waals surface area contributed by atoms with Crippen molar-refractivity contribution in [2.75, 3.05) is 13.2 Å². The van der Waals surface area contributed by atoms with Gasteiger partial charge < -0.3 is 14.8 Å². The third-order valence-corrected chi connectivity index (χ3v) is 4.40. The van der Waals surface area contributed by atoms with Crippen molar-refractivity contribution in [1.82, 2.24) is 5.32 Å². The van der Waals surface area contributed by atoms with Crippen LogP contribution in [0.4, 0.5) is 0 Å². The first-order chi connectivity index (χ1) is 13.2. The van der Waals surface area contributed by atoms with Gasteiger partial charge in [-0.3, -0.25) is 4.79 Å². The first-order valence-corrected chi connectivity index (χ1v) is 9.30. The maximum absolute atomic E-state index is 12.2. The molecule has 0 aliphatic heterocycles. The molecule has 0 aliphatic rings. The summed E-state index contributed by atoms with van der Waals surface area (Å²) in [7, 11) is 0. The minimum absolute atomic E-state index is 0.159. The average molecular weight is 363 g/mol. The SMILES string of the molecule is CCc1ccc(OCCNC(=O)[C@H](C)Oc2ccc3ccccc3c2)cc1. The zero-order valence-corrected chi connectivity index (χ0v) is 15.8. The molecule has 0 spiro atoms. The Hall–Kier alpha value is -3.01. The number of rotatable bonds is 8. The maximum atomic E-state index is 12.2. The van der Waals surface area contributed by atoms with Gasteiger partial charge in [0.2, 0.25) is 0 Å². The van der Waals surface area contributed by atoms with E-state index in [1.54, 1.807) is 6.92 Å². The van der Waals surface area contributed by atoms with Crippen molar-refractivity contribution < 1.29 is 14.3 Å². The number of aryl methyl sites for hydroxylation is 1. The second kappa shape index (κ2) is 9.08. The highest BCUT2D eigenvalue weighted by atomic mass is 16.5. The third kappa shape index (κ3) is 5.23. The van der Waals surface area contributed by atoms with E-state index < -0.39 is 6.10 Å². The zero-order chi connectivity index (χ0) is 19.1. The fraction of sp³-hybridized carbons (Fsp3) is 0.261. The number of fused-ring (bicyclic) bond motifs is 1. The number of hydrogen-bond acceptors (Lipinski definition) is 3. The lowest BCUT2D eigenvalue weighted by molar-refractivity contribution is -0.127. The predicted molar refractivity (Wildman–Crippen MR) is 108 cm³/mol. The number of carbonyl (C=O) groups is 1. The summed E-state index contributed by atoms with van der Waals surface area (Å²) in [6, 6.07) is 21.9. The van der Waals surface area contributed by atoms with E-state index in [9.17, 15) is 4.79 Å². The fourth-order valence-electron chi connectivity index (χ4n) is 2.81. The Morgan fingerprint density at radius 1 is 0.963 bits per heavy atom. The quantitative estimate of drug-likeness (QED) is 0.605. The van der Waals surface area contributed by atoms with Crippen LogP contribution in [-0.4, -0.2) is 25.2 Å². The molecule has 1 N–H and O–H groups in total. The van der Waals surface area contributed by atoms with Gasteiger partial charge in [0.1, 0.15) is 18.1 Å². The third-order valence-electron chi connectivity index (χ3n) is 4.40. The number of amides is 1. The van der Waals surface area contributed by atoms with Gasteiger partial charge in [0.15, 0.2) is 6.10 Å². The molecule has 1 atom stereocenters. The Morgan fingerprint density at radius 2 is 1.67 bits per heavy atom. The van der Waals surface area contributed by atoms with Crippen molar-refractivity contribution in [1.29, 1.82) is 0 Å². The predicted octanol–water partition coefficient (Wildman–Crippen LogP) is 4.36. The largest absolute Gasteiger partial charge is 0.492 e. The Labute approximate surface area is 160 Å². The van der Waals surface area contributed by atoms with Crippen LogP contribution in [0.15, 0.2) is 66.7 Å². The summed E-state index contributed by atoms with van der Waals surface area (Å²) < 4.78 is 11.4. The molecule has 0 saturated heterocycles. The van der Waals surface area contributed by atoms with Gasteiger partial charge in [0.05, 0.1) is 6.54 Å². The van der Waals surface area contributed by atoms with Crippen molar-refractivity contribution in [3.05, 3.63) is 72.3 Å². The van der Waals surface area contributed by atoms with E-state index in [1.807, 2.05) is 66.7 Å².